The van der Waals surface area contributed by atoms with Crippen molar-refractivity contribution >= 4 is 39.1 Å². The number of hydrogen-bond donors (Lipinski definition) is 0. The van der Waals surface area contributed by atoms with E-state index in [0.29, 0.717) is 10.9 Å². The van der Waals surface area contributed by atoms with Gasteiger partial charge in [-0.3, -0.25) is 0 Å². The van der Waals surface area contributed by atoms with Gasteiger partial charge in [0.1, 0.15) is 0 Å². The molecule has 0 spiro atoms. The fourth-order valence-corrected chi connectivity index (χ4v) is 1.27. The van der Waals surface area contributed by atoms with E-state index >= 15 is 0 Å². The number of rotatable bonds is 0. The minimum Gasteiger partial charge on any atom is -0.113 e. The Kier molecular flexibility index (Phi) is 3.94. The fourth-order valence-electron chi connectivity index (χ4n) is 0.709. The van der Waals surface area contributed by atoms with Crippen LogP contribution in [0.3, 0.4) is 0 Å². The third kappa shape index (κ3) is 2.71. The molecular formula is C9H5BrCl2. The van der Waals surface area contributed by atoms with Gasteiger partial charge in [-0.05, 0) is 34.1 Å². The SMILES string of the molecule is ClCC#Cc1ccc(Cl)c(Br)c1. The fraction of sp³-hybridized carbons (Fsp3) is 0.111. The molecule has 0 saturated carbocycles. The molecule has 0 aliphatic rings. The molecule has 0 saturated heterocycles. The van der Waals surface area contributed by atoms with E-state index in [2.05, 4.69) is 27.8 Å². The Morgan fingerprint density at radius 2 is 2.17 bits per heavy atom. The molecule has 0 radical (unpaired) electrons. The molecule has 1 aromatic rings. The van der Waals surface area contributed by atoms with Gasteiger partial charge in [0.25, 0.3) is 0 Å². The summed E-state index contributed by atoms with van der Waals surface area (Å²) in [5.74, 6) is 6.00. The molecule has 3 heteroatoms. The van der Waals surface area contributed by atoms with Gasteiger partial charge in [-0.1, -0.05) is 23.4 Å². The van der Waals surface area contributed by atoms with Crippen molar-refractivity contribution in [1.29, 1.82) is 0 Å². The van der Waals surface area contributed by atoms with Crippen LogP contribution in [-0.2, 0) is 0 Å². The van der Waals surface area contributed by atoms with E-state index in [0.717, 1.165) is 10.0 Å². The van der Waals surface area contributed by atoms with Gasteiger partial charge in [0, 0.05) is 10.0 Å². The first-order chi connectivity index (χ1) is 5.74. The Morgan fingerprint density at radius 3 is 2.75 bits per heavy atom. The molecule has 0 atom stereocenters. The Labute approximate surface area is 90.0 Å². The lowest BCUT2D eigenvalue weighted by atomic mass is 10.2. The predicted molar refractivity (Wildman–Crippen MR) is 56.8 cm³/mol. The van der Waals surface area contributed by atoms with Crippen LogP contribution in [0.25, 0.3) is 0 Å². The predicted octanol–water partition coefficient (Wildman–Crippen LogP) is 3.69. The van der Waals surface area contributed by atoms with Crippen LogP contribution in [0.1, 0.15) is 5.56 Å². The van der Waals surface area contributed by atoms with Crippen molar-refractivity contribution in [2.45, 2.75) is 0 Å². The van der Waals surface area contributed by atoms with E-state index < -0.39 is 0 Å². The number of benzene rings is 1. The highest BCUT2D eigenvalue weighted by atomic mass is 79.9. The van der Waals surface area contributed by atoms with Crippen molar-refractivity contribution in [3.63, 3.8) is 0 Å². The zero-order chi connectivity index (χ0) is 8.97. The average Bonchev–Trinajstić information content (AvgIpc) is 2.07. The monoisotopic (exact) mass is 262 g/mol. The smallest absolute Gasteiger partial charge is 0.0839 e. The summed E-state index contributed by atoms with van der Waals surface area (Å²) in [6.45, 7) is 0. The summed E-state index contributed by atoms with van der Waals surface area (Å²) < 4.78 is 0.852. The first-order valence-electron chi connectivity index (χ1n) is 3.24. The van der Waals surface area contributed by atoms with Gasteiger partial charge in [-0.15, -0.1) is 11.6 Å². The summed E-state index contributed by atoms with van der Waals surface area (Å²) in [6, 6.07) is 5.51. The average molecular weight is 264 g/mol. The molecule has 12 heavy (non-hydrogen) atoms. The number of hydrogen-bond acceptors (Lipinski definition) is 0. The largest absolute Gasteiger partial charge is 0.113 e. The molecule has 0 aliphatic carbocycles. The summed E-state index contributed by atoms with van der Waals surface area (Å²) in [5, 5.41) is 0.687. The van der Waals surface area contributed by atoms with Crippen LogP contribution >= 0.6 is 39.1 Å². The molecule has 0 aliphatic heterocycles. The van der Waals surface area contributed by atoms with Crippen molar-refractivity contribution in [2.75, 3.05) is 5.88 Å². The lowest BCUT2D eigenvalue weighted by Gasteiger charge is -1.94. The minimum atomic E-state index is 0.347. The van der Waals surface area contributed by atoms with Crippen molar-refractivity contribution in [3.8, 4) is 11.8 Å². The van der Waals surface area contributed by atoms with Crippen LogP contribution in [0.5, 0.6) is 0 Å². The molecule has 0 aromatic heterocycles. The van der Waals surface area contributed by atoms with Crippen LogP contribution in [0, 0.1) is 11.8 Å². The maximum atomic E-state index is 5.79. The van der Waals surface area contributed by atoms with Gasteiger partial charge in [0.05, 0.1) is 10.9 Å². The van der Waals surface area contributed by atoms with E-state index in [9.17, 15) is 0 Å². The second-order valence-corrected chi connectivity index (χ2v) is 3.59. The molecule has 0 nitrogen and oxygen atoms in total. The zero-order valence-electron chi connectivity index (χ0n) is 6.07. The number of halogens is 3. The molecule has 1 rings (SSSR count). The van der Waals surface area contributed by atoms with Crippen LogP contribution in [-0.4, -0.2) is 5.88 Å². The van der Waals surface area contributed by atoms with E-state index in [-0.39, 0.29) is 0 Å². The van der Waals surface area contributed by atoms with Crippen molar-refractivity contribution in [2.24, 2.45) is 0 Å². The van der Waals surface area contributed by atoms with Gasteiger partial charge in [0.15, 0.2) is 0 Å². The van der Waals surface area contributed by atoms with E-state index in [1.54, 1.807) is 6.07 Å². The summed E-state index contributed by atoms with van der Waals surface area (Å²) in [5.41, 5.74) is 0.909. The van der Waals surface area contributed by atoms with E-state index in [4.69, 9.17) is 23.2 Å². The molecule has 0 heterocycles. The van der Waals surface area contributed by atoms with Gasteiger partial charge >= 0.3 is 0 Å². The van der Waals surface area contributed by atoms with Gasteiger partial charge < -0.3 is 0 Å². The van der Waals surface area contributed by atoms with Crippen molar-refractivity contribution in [3.05, 3.63) is 33.3 Å². The Hall–Kier alpha value is -0.160. The Morgan fingerprint density at radius 1 is 1.42 bits per heavy atom. The highest BCUT2D eigenvalue weighted by Crippen LogP contribution is 2.22. The lowest BCUT2D eigenvalue weighted by molar-refractivity contribution is 1.59. The first-order valence-corrected chi connectivity index (χ1v) is 4.94. The first kappa shape index (κ1) is 9.92. The highest BCUT2D eigenvalue weighted by Gasteiger charge is 1.95. The molecule has 0 amide bonds. The summed E-state index contributed by atoms with van der Waals surface area (Å²) in [6.07, 6.45) is 0. The maximum absolute atomic E-state index is 5.79. The summed E-state index contributed by atoms with van der Waals surface area (Å²) in [4.78, 5) is 0. The second-order valence-electron chi connectivity index (χ2n) is 2.06. The quantitative estimate of drug-likeness (QED) is 0.495. The Bertz CT molecular complexity index is 336. The van der Waals surface area contributed by atoms with Crippen molar-refractivity contribution < 1.29 is 0 Å². The minimum absolute atomic E-state index is 0.347. The molecule has 0 fully saturated rings. The molecule has 0 bridgehead atoms. The molecule has 0 unspecified atom stereocenters. The summed E-state index contributed by atoms with van der Waals surface area (Å²) in [7, 11) is 0. The van der Waals surface area contributed by atoms with Crippen LogP contribution in [0.2, 0.25) is 5.02 Å². The van der Waals surface area contributed by atoms with Crippen LogP contribution < -0.4 is 0 Å². The topological polar surface area (TPSA) is 0 Å². The standard InChI is InChI=1S/C9H5BrCl2/c10-8-6-7(2-1-5-11)3-4-9(8)12/h3-4,6H,5H2. The van der Waals surface area contributed by atoms with Gasteiger partial charge in [0.2, 0.25) is 0 Å². The van der Waals surface area contributed by atoms with Crippen molar-refractivity contribution in [1.82, 2.24) is 0 Å². The number of alkyl halides is 1. The zero-order valence-corrected chi connectivity index (χ0v) is 9.17. The molecule has 62 valence electrons. The normalized spacial score (nSPS) is 8.92. The third-order valence-corrected chi connectivity index (χ3v) is 2.57. The maximum Gasteiger partial charge on any atom is 0.0839 e. The Balaban J connectivity index is 2.97. The summed E-state index contributed by atoms with van der Waals surface area (Å²) >= 11 is 14.5. The van der Waals surface area contributed by atoms with Crippen LogP contribution in [0.15, 0.2) is 22.7 Å². The van der Waals surface area contributed by atoms with E-state index in [1.807, 2.05) is 12.1 Å². The highest BCUT2D eigenvalue weighted by molar-refractivity contribution is 9.10. The van der Waals surface area contributed by atoms with Gasteiger partial charge in [-0.25, -0.2) is 0 Å². The van der Waals surface area contributed by atoms with Gasteiger partial charge in [-0.2, -0.15) is 0 Å². The van der Waals surface area contributed by atoms with E-state index in [1.165, 1.54) is 0 Å². The van der Waals surface area contributed by atoms with Crippen LogP contribution in [0.4, 0.5) is 0 Å². The third-order valence-electron chi connectivity index (χ3n) is 1.22. The lowest BCUT2D eigenvalue weighted by Crippen LogP contribution is -1.75. The second kappa shape index (κ2) is 4.77. The molecular weight excluding hydrogens is 259 g/mol. The molecule has 0 N–H and O–H groups in total. The molecule has 1 aromatic carbocycles.